The SMILES string of the molecule is CC.CC(=O)N1C[C@H](C)O[C@@H](C)C1. The molecule has 13 heavy (non-hydrogen) atoms. The van der Waals surface area contributed by atoms with Crippen molar-refractivity contribution in [2.24, 2.45) is 0 Å². The van der Waals surface area contributed by atoms with Crippen LogP contribution in [0.3, 0.4) is 0 Å². The zero-order valence-electron chi connectivity index (χ0n) is 9.33. The monoisotopic (exact) mass is 187 g/mol. The maximum Gasteiger partial charge on any atom is 0.219 e. The third-order valence-corrected chi connectivity index (χ3v) is 1.86. The molecule has 1 fully saturated rings. The average Bonchev–Trinajstić information content (AvgIpc) is 2.06. The molecular weight excluding hydrogens is 166 g/mol. The summed E-state index contributed by atoms with van der Waals surface area (Å²) < 4.78 is 5.47. The quantitative estimate of drug-likeness (QED) is 0.577. The van der Waals surface area contributed by atoms with Crippen molar-refractivity contribution in [2.45, 2.75) is 46.8 Å². The van der Waals surface area contributed by atoms with E-state index in [0.29, 0.717) is 0 Å². The fourth-order valence-corrected chi connectivity index (χ4v) is 1.44. The average molecular weight is 187 g/mol. The lowest BCUT2D eigenvalue weighted by atomic mass is 10.2. The highest BCUT2D eigenvalue weighted by atomic mass is 16.5. The highest BCUT2D eigenvalue weighted by Gasteiger charge is 2.23. The lowest BCUT2D eigenvalue weighted by Crippen LogP contribution is -2.47. The van der Waals surface area contributed by atoms with Crippen LogP contribution in [0, 0.1) is 0 Å². The van der Waals surface area contributed by atoms with E-state index >= 15 is 0 Å². The topological polar surface area (TPSA) is 29.5 Å². The van der Waals surface area contributed by atoms with E-state index < -0.39 is 0 Å². The van der Waals surface area contributed by atoms with Crippen LogP contribution in [0.4, 0.5) is 0 Å². The molecule has 1 rings (SSSR count). The van der Waals surface area contributed by atoms with E-state index in [9.17, 15) is 4.79 Å². The minimum atomic E-state index is 0.145. The molecule has 3 heteroatoms. The van der Waals surface area contributed by atoms with Gasteiger partial charge in [0.1, 0.15) is 0 Å². The zero-order chi connectivity index (χ0) is 10.4. The number of carbonyl (C=O) groups excluding carboxylic acids is 1. The van der Waals surface area contributed by atoms with Crippen LogP contribution in [0.2, 0.25) is 0 Å². The van der Waals surface area contributed by atoms with Crippen LogP contribution in [0.25, 0.3) is 0 Å². The second kappa shape index (κ2) is 5.97. The van der Waals surface area contributed by atoms with Crippen molar-refractivity contribution in [1.82, 2.24) is 4.90 Å². The van der Waals surface area contributed by atoms with Crippen molar-refractivity contribution in [1.29, 1.82) is 0 Å². The van der Waals surface area contributed by atoms with Crippen molar-refractivity contribution in [2.75, 3.05) is 13.1 Å². The Labute approximate surface area is 81.1 Å². The van der Waals surface area contributed by atoms with Gasteiger partial charge in [-0.05, 0) is 13.8 Å². The Kier molecular flexibility index (Phi) is 5.71. The van der Waals surface area contributed by atoms with Gasteiger partial charge in [-0.1, -0.05) is 13.8 Å². The Hall–Kier alpha value is -0.570. The molecule has 1 saturated heterocycles. The molecule has 0 unspecified atom stereocenters. The van der Waals surface area contributed by atoms with Crippen molar-refractivity contribution in [3.63, 3.8) is 0 Å². The largest absolute Gasteiger partial charge is 0.372 e. The highest BCUT2D eigenvalue weighted by molar-refractivity contribution is 5.73. The molecule has 3 nitrogen and oxygen atoms in total. The Balaban J connectivity index is 0.000000671. The number of carbonyl (C=O) groups is 1. The molecule has 0 aliphatic carbocycles. The molecule has 1 amide bonds. The summed E-state index contributed by atoms with van der Waals surface area (Å²) in [5.74, 6) is 0.145. The summed E-state index contributed by atoms with van der Waals surface area (Å²) in [4.78, 5) is 12.8. The zero-order valence-corrected chi connectivity index (χ0v) is 9.33. The van der Waals surface area contributed by atoms with Gasteiger partial charge in [-0.25, -0.2) is 0 Å². The molecular formula is C10H21NO2. The molecule has 0 aromatic carbocycles. The summed E-state index contributed by atoms with van der Waals surface area (Å²) in [7, 11) is 0. The van der Waals surface area contributed by atoms with Gasteiger partial charge in [-0.2, -0.15) is 0 Å². The van der Waals surface area contributed by atoms with Crippen LogP contribution < -0.4 is 0 Å². The van der Waals surface area contributed by atoms with Gasteiger partial charge >= 0.3 is 0 Å². The van der Waals surface area contributed by atoms with Crippen molar-refractivity contribution >= 4 is 5.91 Å². The molecule has 1 heterocycles. The van der Waals surface area contributed by atoms with Crippen LogP contribution in [-0.2, 0) is 9.53 Å². The Morgan fingerprint density at radius 2 is 1.62 bits per heavy atom. The van der Waals surface area contributed by atoms with Gasteiger partial charge in [0.25, 0.3) is 0 Å². The number of ether oxygens (including phenoxy) is 1. The first-order valence-electron chi connectivity index (χ1n) is 5.00. The molecule has 0 radical (unpaired) electrons. The summed E-state index contributed by atoms with van der Waals surface area (Å²) in [6, 6.07) is 0. The predicted octanol–water partition coefficient (Wildman–Crippen LogP) is 1.67. The number of hydrogen-bond acceptors (Lipinski definition) is 2. The Bertz CT molecular complexity index is 149. The Morgan fingerprint density at radius 1 is 1.23 bits per heavy atom. The van der Waals surface area contributed by atoms with Crippen LogP contribution in [-0.4, -0.2) is 36.1 Å². The van der Waals surface area contributed by atoms with Crippen LogP contribution in [0.1, 0.15) is 34.6 Å². The maximum absolute atomic E-state index is 11.0. The van der Waals surface area contributed by atoms with Gasteiger partial charge in [-0.15, -0.1) is 0 Å². The lowest BCUT2D eigenvalue weighted by molar-refractivity contribution is -0.140. The fraction of sp³-hybridized carbons (Fsp3) is 0.900. The second-order valence-corrected chi connectivity index (χ2v) is 3.18. The van der Waals surface area contributed by atoms with E-state index in [1.165, 1.54) is 0 Å². The molecule has 0 saturated carbocycles. The predicted molar refractivity (Wildman–Crippen MR) is 53.6 cm³/mol. The van der Waals surface area contributed by atoms with Crippen LogP contribution >= 0.6 is 0 Å². The van der Waals surface area contributed by atoms with Crippen molar-refractivity contribution in [3.8, 4) is 0 Å². The van der Waals surface area contributed by atoms with E-state index in [2.05, 4.69) is 0 Å². The summed E-state index contributed by atoms with van der Waals surface area (Å²) in [6.45, 7) is 11.1. The molecule has 1 aliphatic rings. The first-order chi connectivity index (χ1) is 6.09. The van der Waals surface area contributed by atoms with Crippen LogP contribution in [0.5, 0.6) is 0 Å². The number of rotatable bonds is 0. The summed E-state index contributed by atoms with van der Waals surface area (Å²) in [6.07, 6.45) is 0.366. The fourth-order valence-electron chi connectivity index (χ4n) is 1.44. The van der Waals surface area contributed by atoms with Gasteiger partial charge in [-0.3, -0.25) is 4.79 Å². The number of nitrogens with zero attached hydrogens (tertiary/aromatic N) is 1. The third kappa shape index (κ3) is 4.27. The summed E-state index contributed by atoms with van der Waals surface area (Å²) in [5.41, 5.74) is 0. The molecule has 0 bridgehead atoms. The molecule has 0 spiro atoms. The lowest BCUT2D eigenvalue weighted by Gasteiger charge is -2.34. The molecule has 78 valence electrons. The highest BCUT2D eigenvalue weighted by Crippen LogP contribution is 2.09. The first-order valence-corrected chi connectivity index (χ1v) is 5.00. The smallest absolute Gasteiger partial charge is 0.219 e. The third-order valence-electron chi connectivity index (χ3n) is 1.86. The molecule has 2 atom stereocenters. The van der Waals surface area contributed by atoms with Crippen LogP contribution in [0.15, 0.2) is 0 Å². The first kappa shape index (κ1) is 12.4. The minimum Gasteiger partial charge on any atom is -0.372 e. The summed E-state index contributed by atoms with van der Waals surface area (Å²) in [5, 5.41) is 0. The van der Waals surface area contributed by atoms with E-state index in [1.54, 1.807) is 6.92 Å². The number of morpholine rings is 1. The standard InChI is InChI=1S/C8H15NO2.C2H6/c1-6-4-9(8(3)10)5-7(2)11-6;1-2/h6-7H,4-5H2,1-3H3;1-2H3/t6-,7-;/m0./s1. The van der Waals surface area contributed by atoms with Gasteiger partial charge in [0.05, 0.1) is 12.2 Å². The van der Waals surface area contributed by atoms with E-state index in [4.69, 9.17) is 4.74 Å². The van der Waals surface area contributed by atoms with E-state index in [0.717, 1.165) is 13.1 Å². The van der Waals surface area contributed by atoms with Gasteiger partial charge in [0.2, 0.25) is 5.91 Å². The van der Waals surface area contributed by atoms with Crippen molar-refractivity contribution < 1.29 is 9.53 Å². The van der Waals surface area contributed by atoms with Gasteiger partial charge in [0, 0.05) is 20.0 Å². The van der Waals surface area contributed by atoms with Gasteiger partial charge < -0.3 is 9.64 Å². The van der Waals surface area contributed by atoms with Crippen molar-refractivity contribution in [3.05, 3.63) is 0 Å². The number of hydrogen-bond donors (Lipinski definition) is 0. The maximum atomic E-state index is 11.0. The van der Waals surface area contributed by atoms with Gasteiger partial charge in [0.15, 0.2) is 0 Å². The Morgan fingerprint density at radius 3 is 1.92 bits per heavy atom. The molecule has 0 aromatic heterocycles. The molecule has 1 aliphatic heterocycles. The molecule has 0 N–H and O–H groups in total. The van der Waals surface area contributed by atoms with E-state index in [1.807, 2.05) is 32.6 Å². The summed E-state index contributed by atoms with van der Waals surface area (Å²) >= 11 is 0. The second-order valence-electron chi connectivity index (χ2n) is 3.18. The molecule has 0 aromatic rings. The normalized spacial score (nSPS) is 27.6. The van der Waals surface area contributed by atoms with E-state index in [-0.39, 0.29) is 18.1 Å². The number of amides is 1. The minimum absolute atomic E-state index is 0.145.